The molecule has 1 saturated heterocycles. The molecule has 1 aliphatic rings. The normalized spacial score (nSPS) is 15.0. The van der Waals surface area contributed by atoms with E-state index in [0.29, 0.717) is 5.56 Å². The zero-order valence-corrected chi connectivity index (χ0v) is 17.0. The molecule has 3 rings (SSSR count). The minimum atomic E-state index is -0.0801. The molecule has 0 radical (unpaired) electrons. The summed E-state index contributed by atoms with van der Waals surface area (Å²) in [5.41, 5.74) is 2.86. The number of aryl methyl sites for hydroxylation is 1. The highest BCUT2D eigenvalue weighted by atomic mass is 15.3. The Kier molecular flexibility index (Phi) is 5.31. The predicted octanol–water partition coefficient (Wildman–Crippen LogP) is 3.24. The van der Waals surface area contributed by atoms with Gasteiger partial charge >= 0.3 is 0 Å². The Morgan fingerprint density at radius 3 is 2.26 bits per heavy atom. The largest absolute Gasteiger partial charge is 0.353 e. The molecular formula is C21H28N6. The van der Waals surface area contributed by atoms with Crippen molar-refractivity contribution in [3.63, 3.8) is 0 Å². The van der Waals surface area contributed by atoms with Gasteiger partial charge in [0, 0.05) is 49.0 Å². The summed E-state index contributed by atoms with van der Waals surface area (Å²) in [5.74, 6) is 2.74. The van der Waals surface area contributed by atoms with Gasteiger partial charge in [0.1, 0.15) is 23.5 Å². The van der Waals surface area contributed by atoms with Crippen molar-refractivity contribution in [2.75, 3.05) is 36.0 Å². The molecule has 27 heavy (non-hydrogen) atoms. The second kappa shape index (κ2) is 7.51. The van der Waals surface area contributed by atoms with Crippen molar-refractivity contribution in [2.24, 2.45) is 0 Å². The van der Waals surface area contributed by atoms with Crippen molar-refractivity contribution in [3.05, 3.63) is 41.0 Å². The standard InChI is InChI=1S/C21H28N6/c1-6-17-15(2)24-20(21(3,4)5)25-19(17)27-12-10-26(11-13-27)18-16(14-22)8-7-9-23-18/h7-9H,6,10-13H2,1-5H3. The van der Waals surface area contributed by atoms with Crippen LogP contribution in [0.25, 0.3) is 0 Å². The van der Waals surface area contributed by atoms with Gasteiger partial charge in [-0.1, -0.05) is 27.7 Å². The molecule has 0 amide bonds. The molecule has 0 spiro atoms. The maximum absolute atomic E-state index is 9.34. The molecule has 2 aromatic heterocycles. The summed E-state index contributed by atoms with van der Waals surface area (Å²) in [6, 6.07) is 5.88. The molecule has 6 nitrogen and oxygen atoms in total. The van der Waals surface area contributed by atoms with Crippen LogP contribution in [0.1, 0.15) is 50.3 Å². The molecule has 0 saturated carbocycles. The highest BCUT2D eigenvalue weighted by Crippen LogP contribution is 2.28. The third-order valence-electron chi connectivity index (χ3n) is 5.00. The third kappa shape index (κ3) is 3.87. The highest BCUT2D eigenvalue weighted by molar-refractivity contribution is 5.56. The summed E-state index contributed by atoms with van der Waals surface area (Å²) in [6.07, 6.45) is 2.67. The van der Waals surface area contributed by atoms with E-state index >= 15 is 0 Å². The molecule has 3 heterocycles. The van der Waals surface area contributed by atoms with Crippen molar-refractivity contribution in [3.8, 4) is 6.07 Å². The first-order chi connectivity index (χ1) is 12.8. The monoisotopic (exact) mass is 364 g/mol. The van der Waals surface area contributed by atoms with Crippen LogP contribution in [-0.4, -0.2) is 41.1 Å². The summed E-state index contributed by atoms with van der Waals surface area (Å²) in [5, 5.41) is 9.34. The minimum absolute atomic E-state index is 0.0801. The average Bonchev–Trinajstić information content (AvgIpc) is 2.66. The lowest BCUT2D eigenvalue weighted by atomic mass is 9.95. The Balaban J connectivity index is 1.86. The number of hydrogen-bond donors (Lipinski definition) is 0. The lowest BCUT2D eigenvalue weighted by Crippen LogP contribution is -2.48. The summed E-state index contributed by atoms with van der Waals surface area (Å²) < 4.78 is 0. The molecule has 0 aromatic carbocycles. The smallest absolute Gasteiger partial charge is 0.146 e. The third-order valence-corrected chi connectivity index (χ3v) is 5.00. The highest BCUT2D eigenvalue weighted by Gasteiger charge is 2.26. The average molecular weight is 364 g/mol. The summed E-state index contributed by atoms with van der Waals surface area (Å²) in [4.78, 5) is 18.7. The number of hydrogen-bond acceptors (Lipinski definition) is 6. The molecule has 6 heteroatoms. The molecule has 0 bridgehead atoms. The van der Waals surface area contributed by atoms with E-state index in [1.807, 2.05) is 12.1 Å². The number of pyridine rings is 1. The number of nitriles is 1. The molecule has 0 N–H and O–H groups in total. The van der Waals surface area contributed by atoms with E-state index in [-0.39, 0.29) is 5.41 Å². The van der Waals surface area contributed by atoms with Crippen LogP contribution in [0.5, 0.6) is 0 Å². The Morgan fingerprint density at radius 1 is 1.07 bits per heavy atom. The van der Waals surface area contributed by atoms with E-state index < -0.39 is 0 Å². The van der Waals surface area contributed by atoms with Gasteiger partial charge in [0.05, 0.1) is 5.56 Å². The Morgan fingerprint density at radius 2 is 1.70 bits per heavy atom. The first-order valence-electron chi connectivity index (χ1n) is 9.58. The van der Waals surface area contributed by atoms with Crippen LogP contribution in [0, 0.1) is 18.3 Å². The predicted molar refractivity (Wildman–Crippen MR) is 108 cm³/mol. The van der Waals surface area contributed by atoms with Gasteiger partial charge in [-0.2, -0.15) is 5.26 Å². The van der Waals surface area contributed by atoms with Crippen molar-refractivity contribution >= 4 is 11.6 Å². The van der Waals surface area contributed by atoms with Crippen LogP contribution in [0.15, 0.2) is 18.3 Å². The van der Waals surface area contributed by atoms with Crippen molar-refractivity contribution in [1.29, 1.82) is 5.26 Å². The van der Waals surface area contributed by atoms with E-state index in [4.69, 9.17) is 9.97 Å². The van der Waals surface area contributed by atoms with Crippen LogP contribution in [0.4, 0.5) is 11.6 Å². The summed E-state index contributed by atoms with van der Waals surface area (Å²) in [7, 11) is 0. The Labute approximate surface area is 161 Å². The summed E-state index contributed by atoms with van der Waals surface area (Å²) >= 11 is 0. The zero-order chi connectivity index (χ0) is 19.6. The first kappa shape index (κ1) is 19.1. The van der Waals surface area contributed by atoms with Crippen molar-refractivity contribution in [2.45, 2.75) is 46.5 Å². The maximum Gasteiger partial charge on any atom is 0.146 e. The fraction of sp³-hybridized carbons (Fsp3) is 0.524. The summed E-state index contributed by atoms with van der Waals surface area (Å²) in [6.45, 7) is 14.1. The van der Waals surface area contributed by atoms with Gasteiger partial charge in [0.2, 0.25) is 0 Å². The van der Waals surface area contributed by atoms with Crippen molar-refractivity contribution < 1.29 is 0 Å². The molecule has 142 valence electrons. The number of anilines is 2. The van der Waals surface area contributed by atoms with E-state index in [1.165, 1.54) is 5.56 Å². The van der Waals surface area contributed by atoms with E-state index in [2.05, 4.69) is 55.5 Å². The Hall–Kier alpha value is -2.68. The maximum atomic E-state index is 9.34. The quantitative estimate of drug-likeness (QED) is 0.833. The molecule has 1 fully saturated rings. The van der Waals surface area contributed by atoms with Gasteiger partial charge in [-0.05, 0) is 25.5 Å². The van der Waals surface area contributed by atoms with Crippen LogP contribution in [0.3, 0.4) is 0 Å². The van der Waals surface area contributed by atoms with E-state index in [9.17, 15) is 5.26 Å². The fourth-order valence-electron chi connectivity index (χ4n) is 3.46. The topological polar surface area (TPSA) is 68.9 Å². The van der Waals surface area contributed by atoms with Crippen molar-refractivity contribution in [1.82, 2.24) is 15.0 Å². The first-order valence-corrected chi connectivity index (χ1v) is 9.58. The molecule has 0 atom stereocenters. The molecule has 0 unspecified atom stereocenters. The van der Waals surface area contributed by atoms with Gasteiger partial charge in [0.15, 0.2) is 0 Å². The van der Waals surface area contributed by atoms with Gasteiger partial charge in [0.25, 0.3) is 0 Å². The molecule has 0 aliphatic carbocycles. The molecule has 1 aliphatic heterocycles. The SMILES string of the molecule is CCc1c(C)nc(C(C)(C)C)nc1N1CCN(c2ncccc2C#N)CC1. The van der Waals surface area contributed by atoms with Gasteiger partial charge < -0.3 is 9.80 Å². The van der Waals surface area contributed by atoms with Crippen LogP contribution >= 0.6 is 0 Å². The number of aromatic nitrogens is 3. The zero-order valence-electron chi connectivity index (χ0n) is 17.0. The van der Waals surface area contributed by atoms with Crippen LogP contribution < -0.4 is 9.80 Å². The molecule has 2 aromatic rings. The number of piperazine rings is 1. The second-order valence-electron chi connectivity index (χ2n) is 8.00. The van der Waals surface area contributed by atoms with Crippen LogP contribution in [0.2, 0.25) is 0 Å². The second-order valence-corrected chi connectivity index (χ2v) is 8.00. The van der Waals surface area contributed by atoms with Gasteiger partial charge in [-0.25, -0.2) is 15.0 Å². The minimum Gasteiger partial charge on any atom is -0.353 e. The van der Waals surface area contributed by atoms with E-state index in [0.717, 1.165) is 55.8 Å². The number of rotatable bonds is 3. The van der Waals surface area contributed by atoms with Gasteiger partial charge in [-0.3, -0.25) is 0 Å². The van der Waals surface area contributed by atoms with Crippen LogP contribution in [-0.2, 0) is 11.8 Å². The fourth-order valence-corrected chi connectivity index (χ4v) is 3.46. The Bertz CT molecular complexity index is 854. The van der Waals surface area contributed by atoms with E-state index in [1.54, 1.807) is 6.20 Å². The lowest BCUT2D eigenvalue weighted by Gasteiger charge is -2.37. The lowest BCUT2D eigenvalue weighted by molar-refractivity contribution is 0.537. The van der Waals surface area contributed by atoms with Gasteiger partial charge in [-0.15, -0.1) is 0 Å². The molecular weight excluding hydrogens is 336 g/mol. The number of nitrogens with zero attached hydrogens (tertiary/aromatic N) is 6.